The van der Waals surface area contributed by atoms with Crippen molar-refractivity contribution in [2.75, 3.05) is 18.0 Å². The molecule has 7 nitrogen and oxygen atoms in total. The van der Waals surface area contributed by atoms with Gasteiger partial charge in [0.2, 0.25) is 5.91 Å². The van der Waals surface area contributed by atoms with Crippen LogP contribution in [0.5, 0.6) is 0 Å². The van der Waals surface area contributed by atoms with Gasteiger partial charge in [0.05, 0.1) is 30.1 Å². The number of carbonyl (C=O) groups is 2. The first-order chi connectivity index (χ1) is 16.8. The van der Waals surface area contributed by atoms with E-state index in [0.29, 0.717) is 37.3 Å². The molecule has 5 rings (SSSR count). The summed E-state index contributed by atoms with van der Waals surface area (Å²) in [6.07, 6.45) is 4.04. The molecule has 2 atom stereocenters. The molecule has 3 aromatic rings. The van der Waals surface area contributed by atoms with Crippen molar-refractivity contribution in [1.29, 1.82) is 0 Å². The highest BCUT2D eigenvalue weighted by Crippen LogP contribution is 2.59. The van der Waals surface area contributed by atoms with Gasteiger partial charge in [-0.1, -0.05) is 25.1 Å². The van der Waals surface area contributed by atoms with Crippen molar-refractivity contribution in [2.24, 2.45) is 17.6 Å². The molecular weight excluding hydrogens is 452 g/mol. The van der Waals surface area contributed by atoms with E-state index in [1.54, 1.807) is 35.1 Å². The van der Waals surface area contributed by atoms with Crippen molar-refractivity contribution in [3.05, 3.63) is 82.7 Å². The zero-order chi connectivity index (χ0) is 24.7. The Morgan fingerprint density at radius 2 is 1.80 bits per heavy atom. The predicted octanol–water partition coefficient (Wildman–Crippen LogP) is 3.22. The van der Waals surface area contributed by atoms with Crippen LogP contribution in [-0.4, -0.2) is 40.6 Å². The molecule has 35 heavy (non-hydrogen) atoms. The minimum atomic E-state index is -2.48. The largest absolute Gasteiger partial charge is 0.370 e. The molecule has 2 unspecified atom stereocenters. The Hall–Kier alpha value is -3.75. The van der Waals surface area contributed by atoms with Gasteiger partial charge in [0.25, 0.3) is 11.8 Å². The van der Waals surface area contributed by atoms with Gasteiger partial charge in [-0.3, -0.25) is 14.3 Å². The maximum Gasteiger partial charge on any atom is 0.258 e. The first-order valence-electron chi connectivity index (χ1n) is 11.7. The lowest BCUT2D eigenvalue weighted by Gasteiger charge is -2.23. The van der Waals surface area contributed by atoms with E-state index in [2.05, 4.69) is 23.4 Å². The smallest absolute Gasteiger partial charge is 0.258 e. The highest BCUT2D eigenvalue weighted by Gasteiger charge is 2.71. The van der Waals surface area contributed by atoms with E-state index in [1.165, 1.54) is 6.20 Å². The van der Waals surface area contributed by atoms with Gasteiger partial charge in [0.1, 0.15) is 0 Å². The number of piperidine rings is 1. The van der Waals surface area contributed by atoms with Crippen LogP contribution in [0.3, 0.4) is 0 Å². The Morgan fingerprint density at radius 3 is 2.46 bits per heavy atom. The monoisotopic (exact) mass is 479 g/mol. The van der Waals surface area contributed by atoms with Gasteiger partial charge in [-0.2, -0.15) is 5.10 Å². The summed E-state index contributed by atoms with van der Waals surface area (Å²) in [5.74, 6) is -4.23. The first kappa shape index (κ1) is 23.0. The van der Waals surface area contributed by atoms with Gasteiger partial charge in [-0.05, 0) is 47.4 Å². The van der Waals surface area contributed by atoms with E-state index in [1.807, 2.05) is 17.0 Å². The second kappa shape index (κ2) is 8.79. The van der Waals surface area contributed by atoms with Gasteiger partial charge in [0, 0.05) is 37.1 Å². The topological polar surface area (TPSA) is 93.3 Å². The lowest BCUT2D eigenvalue weighted by Crippen LogP contribution is -2.27. The van der Waals surface area contributed by atoms with Crippen molar-refractivity contribution < 1.29 is 18.4 Å². The highest BCUT2D eigenvalue weighted by molar-refractivity contribution is 5.94. The van der Waals surface area contributed by atoms with E-state index in [0.717, 1.165) is 28.8 Å². The summed E-state index contributed by atoms with van der Waals surface area (Å²) in [5.41, 5.74) is 10.2. The van der Waals surface area contributed by atoms with E-state index in [4.69, 9.17) is 5.73 Å². The summed E-state index contributed by atoms with van der Waals surface area (Å²) in [6, 6.07) is 12.8. The Balaban J connectivity index is 1.19. The lowest BCUT2D eigenvalue weighted by molar-refractivity contribution is 0.0797. The first-order valence-corrected chi connectivity index (χ1v) is 11.7. The highest BCUT2D eigenvalue weighted by atomic mass is 19.3. The van der Waals surface area contributed by atoms with Crippen LogP contribution in [0.2, 0.25) is 0 Å². The Morgan fingerprint density at radius 1 is 1.09 bits per heavy atom. The van der Waals surface area contributed by atoms with E-state index >= 15 is 0 Å². The molecule has 3 N–H and O–H groups in total. The standard InChI is InChI=1S/C26H27F2N5O2/c1-2-17-9-21(32-14-22-23(15-32)26(22,27)28)8-7-19(17)12-33-13-20(11-31-33)25(35)30-10-16-3-5-18(6-4-16)24(29)34/h3-9,11,13,22-23H,2,10,12,14-15H2,1H3,(H2,29,34)(H,30,35). The number of benzene rings is 2. The molecule has 1 saturated heterocycles. The van der Waals surface area contributed by atoms with Crippen LogP contribution in [0, 0.1) is 11.8 Å². The molecule has 1 aromatic heterocycles. The quantitative estimate of drug-likeness (QED) is 0.519. The van der Waals surface area contributed by atoms with Crippen LogP contribution in [0.1, 0.15) is 44.3 Å². The van der Waals surface area contributed by atoms with Crippen LogP contribution in [0.15, 0.2) is 54.9 Å². The number of hydrogen-bond donors (Lipinski definition) is 2. The van der Waals surface area contributed by atoms with Crippen LogP contribution in [-0.2, 0) is 19.5 Å². The number of alkyl halides is 2. The summed E-state index contributed by atoms with van der Waals surface area (Å²) in [4.78, 5) is 25.8. The number of rotatable bonds is 8. The number of hydrogen-bond acceptors (Lipinski definition) is 4. The van der Waals surface area contributed by atoms with Crippen molar-refractivity contribution in [3.63, 3.8) is 0 Å². The molecule has 182 valence electrons. The summed E-state index contributed by atoms with van der Waals surface area (Å²) in [6.45, 7) is 3.71. The molecule has 0 spiro atoms. The lowest BCUT2D eigenvalue weighted by atomic mass is 10.0. The molecule has 2 fully saturated rings. The van der Waals surface area contributed by atoms with Gasteiger partial charge in [0.15, 0.2) is 0 Å². The second-order valence-electron chi connectivity index (χ2n) is 9.27. The predicted molar refractivity (Wildman–Crippen MR) is 127 cm³/mol. The molecule has 0 radical (unpaired) electrons. The molecule has 9 heteroatoms. The van der Waals surface area contributed by atoms with E-state index < -0.39 is 23.7 Å². The Bertz CT molecular complexity index is 1260. The van der Waals surface area contributed by atoms with E-state index in [-0.39, 0.29) is 5.91 Å². The molecule has 1 aliphatic heterocycles. The average Bonchev–Trinajstić information content (AvgIpc) is 3.29. The summed E-state index contributed by atoms with van der Waals surface area (Å²) < 4.78 is 28.8. The molecule has 2 aromatic carbocycles. The number of aromatic nitrogens is 2. The van der Waals surface area contributed by atoms with Crippen LogP contribution in [0.25, 0.3) is 0 Å². The van der Waals surface area contributed by atoms with Crippen molar-refractivity contribution in [3.8, 4) is 0 Å². The molecular formula is C26H27F2N5O2. The molecule has 2 heterocycles. The molecule has 1 saturated carbocycles. The number of nitrogens with one attached hydrogen (secondary N) is 1. The Labute approximate surface area is 201 Å². The Kier molecular flexibility index (Phi) is 5.78. The summed E-state index contributed by atoms with van der Waals surface area (Å²) >= 11 is 0. The summed E-state index contributed by atoms with van der Waals surface area (Å²) in [5, 5.41) is 7.18. The number of amides is 2. The fraction of sp³-hybridized carbons (Fsp3) is 0.346. The number of carbonyl (C=O) groups excluding carboxylic acids is 2. The third-order valence-electron chi connectivity index (χ3n) is 7.05. The number of fused-ring (bicyclic) bond motifs is 1. The molecule has 1 aliphatic carbocycles. The minimum Gasteiger partial charge on any atom is -0.370 e. The number of primary amides is 1. The molecule has 2 aliphatic rings. The van der Waals surface area contributed by atoms with Gasteiger partial charge in [-0.15, -0.1) is 0 Å². The molecule has 2 amide bonds. The van der Waals surface area contributed by atoms with Crippen LogP contribution in [0.4, 0.5) is 14.5 Å². The second-order valence-corrected chi connectivity index (χ2v) is 9.27. The number of halogens is 2. The van der Waals surface area contributed by atoms with Gasteiger partial charge in [-0.25, -0.2) is 8.78 Å². The van der Waals surface area contributed by atoms with Crippen molar-refractivity contribution >= 4 is 17.5 Å². The fourth-order valence-electron chi connectivity index (χ4n) is 4.82. The zero-order valence-electron chi connectivity index (χ0n) is 19.4. The molecule has 0 bridgehead atoms. The van der Waals surface area contributed by atoms with Gasteiger partial charge < -0.3 is 16.0 Å². The maximum absolute atomic E-state index is 13.5. The fourth-order valence-corrected chi connectivity index (χ4v) is 4.82. The number of anilines is 1. The van der Waals surface area contributed by atoms with Crippen molar-refractivity contribution in [1.82, 2.24) is 15.1 Å². The third kappa shape index (κ3) is 4.50. The normalized spacial score (nSPS) is 19.9. The SMILES string of the molecule is CCc1cc(N2CC3C(C2)C3(F)F)ccc1Cn1cc(C(=O)NCc2ccc(C(N)=O)cc2)cn1. The van der Waals surface area contributed by atoms with Gasteiger partial charge >= 0.3 is 0 Å². The van der Waals surface area contributed by atoms with Crippen LogP contribution >= 0.6 is 0 Å². The zero-order valence-corrected chi connectivity index (χ0v) is 19.4. The average molecular weight is 480 g/mol. The van der Waals surface area contributed by atoms with E-state index in [9.17, 15) is 18.4 Å². The minimum absolute atomic E-state index is 0.245. The summed E-state index contributed by atoms with van der Waals surface area (Å²) in [7, 11) is 0. The third-order valence-corrected chi connectivity index (χ3v) is 7.05. The number of nitrogens with two attached hydrogens (primary N) is 1. The number of nitrogens with zero attached hydrogens (tertiary/aromatic N) is 3. The number of aryl methyl sites for hydroxylation is 1. The van der Waals surface area contributed by atoms with Crippen LogP contribution < -0.4 is 16.0 Å². The maximum atomic E-state index is 13.5. The van der Waals surface area contributed by atoms with Crippen molar-refractivity contribution in [2.45, 2.75) is 32.4 Å².